The van der Waals surface area contributed by atoms with Gasteiger partial charge in [0.25, 0.3) is 5.91 Å². The van der Waals surface area contributed by atoms with Crippen LogP contribution in [0.1, 0.15) is 15.9 Å². The third kappa shape index (κ3) is 4.73. The first-order valence-corrected chi connectivity index (χ1v) is 7.46. The Morgan fingerprint density at radius 1 is 1.08 bits per heavy atom. The van der Waals surface area contributed by atoms with Crippen LogP contribution in [0.3, 0.4) is 0 Å². The summed E-state index contributed by atoms with van der Waals surface area (Å²) in [4.78, 5) is 25.0. The molecule has 4 nitrogen and oxygen atoms in total. The second-order valence-corrected chi connectivity index (χ2v) is 5.57. The van der Waals surface area contributed by atoms with Gasteiger partial charge in [-0.1, -0.05) is 29.8 Å². The zero-order chi connectivity index (χ0) is 18.6. The van der Waals surface area contributed by atoms with Crippen LogP contribution in [0.5, 0.6) is 0 Å². The number of nitrogens with zero attached hydrogens (tertiary/aromatic N) is 1. The molecule has 0 saturated heterocycles. The number of carbonyl (C=O) groups excluding carboxylic acids is 2. The highest BCUT2D eigenvalue weighted by Crippen LogP contribution is 2.21. The summed E-state index contributed by atoms with van der Waals surface area (Å²) in [6.45, 7) is -0.673. The molecule has 0 bridgehead atoms. The maximum absolute atomic E-state index is 13.6. The van der Waals surface area contributed by atoms with Crippen LogP contribution < -0.4 is 0 Å². The number of esters is 1. The van der Waals surface area contributed by atoms with E-state index in [-0.39, 0.29) is 11.6 Å². The van der Waals surface area contributed by atoms with Crippen molar-refractivity contribution in [3.05, 3.63) is 70.0 Å². The third-order valence-electron chi connectivity index (χ3n) is 3.35. The minimum absolute atomic E-state index is 0.0189. The number of hydrogen-bond donors (Lipinski definition) is 0. The number of likely N-dealkylation sites (N-methyl/N-ethyl adjacent to an activating group) is 1. The van der Waals surface area contributed by atoms with Gasteiger partial charge < -0.3 is 9.64 Å². The average molecular weight is 372 g/mol. The van der Waals surface area contributed by atoms with Gasteiger partial charge in [0.05, 0.1) is 10.6 Å². The summed E-state index contributed by atoms with van der Waals surface area (Å²) in [5, 5.41) is -0.337. The molecular formula is C17H13ClF3NO3. The number of ether oxygens (including phenoxy) is 1. The van der Waals surface area contributed by atoms with Crippen molar-refractivity contribution in [3.8, 4) is 0 Å². The summed E-state index contributed by atoms with van der Waals surface area (Å²) in [5.74, 6) is -4.61. The first kappa shape index (κ1) is 18.8. The van der Waals surface area contributed by atoms with Crippen molar-refractivity contribution >= 4 is 23.5 Å². The molecule has 0 aliphatic carbocycles. The van der Waals surface area contributed by atoms with Crippen molar-refractivity contribution in [2.75, 3.05) is 13.7 Å². The van der Waals surface area contributed by atoms with Crippen LogP contribution >= 0.6 is 11.6 Å². The zero-order valence-corrected chi connectivity index (χ0v) is 13.8. The second-order valence-electron chi connectivity index (χ2n) is 5.16. The largest absolute Gasteiger partial charge is 0.452 e. The first-order chi connectivity index (χ1) is 11.8. The molecule has 8 heteroatoms. The number of rotatable bonds is 5. The Labute approximate surface area is 146 Å². The molecule has 0 aliphatic heterocycles. The van der Waals surface area contributed by atoms with Crippen LogP contribution in [0.4, 0.5) is 13.2 Å². The fourth-order valence-electron chi connectivity index (χ4n) is 1.96. The van der Waals surface area contributed by atoms with Crippen molar-refractivity contribution < 1.29 is 27.5 Å². The Bertz CT molecular complexity index is 814. The molecule has 0 radical (unpaired) electrons. The highest BCUT2D eigenvalue weighted by atomic mass is 35.5. The number of halogens is 4. The zero-order valence-electron chi connectivity index (χ0n) is 13.1. The predicted octanol–water partition coefficient (Wildman–Crippen LogP) is 3.57. The van der Waals surface area contributed by atoms with E-state index in [1.165, 1.54) is 30.1 Å². The number of hydrogen-bond acceptors (Lipinski definition) is 3. The molecule has 25 heavy (non-hydrogen) atoms. The van der Waals surface area contributed by atoms with Gasteiger partial charge in [-0.15, -0.1) is 0 Å². The van der Waals surface area contributed by atoms with Gasteiger partial charge in [0.15, 0.2) is 18.2 Å². The molecule has 2 aromatic carbocycles. The maximum Gasteiger partial charge on any atom is 0.340 e. The van der Waals surface area contributed by atoms with E-state index in [4.69, 9.17) is 16.3 Å². The average Bonchev–Trinajstić information content (AvgIpc) is 2.57. The van der Waals surface area contributed by atoms with Crippen LogP contribution in [0.2, 0.25) is 5.02 Å². The Hall–Kier alpha value is -2.54. The van der Waals surface area contributed by atoms with Crippen molar-refractivity contribution in [1.82, 2.24) is 4.90 Å². The number of benzene rings is 2. The first-order valence-electron chi connectivity index (χ1n) is 7.08. The van der Waals surface area contributed by atoms with Crippen LogP contribution in [0, 0.1) is 17.5 Å². The van der Waals surface area contributed by atoms with Crippen molar-refractivity contribution in [2.45, 2.75) is 6.54 Å². The van der Waals surface area contributed by atoms with Crippen molar-refractivity contribution in [1.29, 1.82) is 0 Å². The summed E-state index contributed by atoms with van der Waals surface area (Å²) in [5.41, 5.74) is -0.0987. The lowest BCUT2D eigenvalue weighted by Crippen LogP contribution is -2.31. The molecule has 0 unspecified atom stereocenters. The Balaban J connectivity index is 1.96. The molecule has 0 N–H and O–H groups in total. The van der Waals surface area contributed by atoms with Gasteiger partial charge in [0.2, 0.25) is 0 Å². The predicted molar refractivity (Wildman–Crippen MR) is 84.5 cm³/mol. The topological polar surface area (TPSA) is 46.6 Å². The molecule has 0 fully saturated rings. The summed E-state index contributed by atoms with van der Waals surface area (Å²) in [6.07, 6.45) is 0. The van der Waals surface area contributed by atoms with Crippen LogP contribution in [-0.4, -0.2) is 30.4 Å². The smallest absolute Gasteiger partial charge is 0.340 e. The lowest BCUT2D eigenvalue weighted by atomic mass is 10.2. The molecule has 0 aliphatic rings. The van der Waals surface area contributed by atoms with Gasteiger partial charge in [-0.3, -0.25) is 4.79 Å². The summed E-state index contributed by atoms with van der Waals surface area (Å²) < 4.78 is 44.5. The molecule has 0 atom stereocenters. The SMILES string of the molecule is CN(Cc1ccccc1F)C(=O)COC(=O)c1cc(F)c(F)cc1Cl. The standard InChI is InChI=1S/C17H13ClF3NO3/c1-22(8-10-4-2-3-5-13(10)19)16(23)9-25-17(24)11-6-14(20)15(21)7-12(11)18/h2-7H,8-9H2,1H3. The Kier molecular flexibility index (Phi) is 6.03. The Morgan fingerprint density at radius 2 is 1.72 bits per heavy atom. The minimum atomic E-state index is -1.26. The monoisotopic (exact) mass is 371 g/mol. The molecular weight excluding hydrogens is 359 g/mol. The molecule has 0 heterocycles. The summed E-state index contributed by atoms with van der Waals surface area (Å²) in [6, 6.07) is 7.16. The highest BCUT2D eigenvalue weighted by Gasteiger charge is 2.19. The Morgan fingerprint density at radius 3 is 2.40 bits per heavy atom. The lowest BCUT2D eigenvalue weighted by Gasteiger charge is -2.17. The molecule has 132 valence electrons. The number of amides is 1. The van der Waals surface area contributed by atoms with Gasteiger partial charge >= 0.3 is 5.97 Å². The van der Waals surface area contributed by atoms with Crippen molar-refractivity contribution in [2.24, 2.45) is 0 Å². The summed E-state index contributed by atoms with van der Waals surface area (Å²) in [7, 11) is 1.41. The third-order valence-corrected chi connectivity index (χ3v) is 3.66. The maximum atomic E-state index is 13.6. The molecule has 1 amide bonds. The highest BCUT2D eigenvalue weighted by molar-refractivity contribution is 6.33. The molecule has 2 rings (SSSR count). The van der Waals surface area contributed by atoms with E-state index in [1.54, 1.807) is 6.07 Å². The lowest BCUT2D eigenvalue weighted by molar-refractivity contribution is -0.133. The molecule has 0 aromatic heterocycles. The van der Waals surface area contributed by atoms with Gasteiger partial charge in [0, 0.05) is 19.2 Å². The fourth-order valence-corrected chi connectivity index (χ4v) is 2.19. The van der Waals surface area contributed by atoms with E-state index in [0.29, 0.717) is 17.7 Å². The van der Waals surface area contributed by atoms with E-state index in [2.05, 4.69) is 0 Å². The van der Waals surface area contributed by atoms with Crippen LogP contribution in [-0.2, 0) is 16.1 Å². The van der Waals surface area contributed by atoms with E-state index in [1.807, 2.05) is 0 Å². The van der Waals surface area contributed by atoms with Crippen molar-refractivity contribution in [3.63, 3.8) is 0 Å². The normalized spacial score (nSPS) is 10.4. The molecule has 0 spiro atoms. The van der Waals surface area contributed by atoms with E-state index >= 15 is 0 Å². The van der Waals surface area contributed by atoms with Gasteiger partial charge in [-0.25, -0.2) is 18.0 Å². The number of carbonyl (C=O) groups is 2. The van der Waals surface area contributed by atoms with E-state index in [0.717, 1.165) is 0 Å². The quantitative estimate of drug-likeness (QED) is 0.596. The van der Waals surface area contributed by atoms with E-state index < -0.39 is 41.5 Å². The van der Waals surface area contributed by atoms with Gasteiger partial charge in [-0.05, 0) is 18.2 Å². The van der Waals surface area contributed by atoms with Gasteiger partial charge in [0.1, 0.15) is 5.82 Å². The molecule has 2 aromatic rings. The van der Waals surface area contributed by atoms with Crippen LogP contribution in [0.15, 0.2) is 36.4 Å². The molecule has 0 saturated carbocycles. The van der Waals surface area contributed by atoms with Gasteiger partial charge in [-0.2, -0.15) is 0 Å². The van der Waals surface area contributed by atoms with Crippen LogP contribution in [0.25, 0.3) is 0 Å². The fraction of sp³-hybridized carbons (Fsp3) is 0.176. The van der Waals surface area contributed by atoms with E-state index in [9.17, 15) is 22.8 Å². The minimum Gasteiger partial charge on any atom is -0.452 e. The second kappa shape index (κ2) is 8.02. The summed E-state index contributed by atoms with van der Waals surface area (Å²) >= 11 is 5.65.